The molecule has 1 aromatic rings. The Morgan fingerprint density at radius 3 is 2.54 bits per heavy atom. The highest BCUT2D eigenvalue weighted by Crippen LogP contribution is 2.34. The van der Waals surface area contributed by atoms with Crippen molar-refractivity contribution in [2.45, 2.75) is 56.6 Å². The number of piperidine rings is 1. The molecule has 1 aliphatic heterocycles. The fourth-order valence-corrected chi connectivity index (χ4v) is 5.53. The summed E-state index contributed by atoms with van der Waals surface area (Å²) in [6.07, 6.45) is -0.0817. The van der Waals surface area contributed by atoms with E-state index in [4.69, 9.17) is 4.74 Å². The van der Waals surface area contributed by atoms with Crippen LogP contribution in [0.3, 0.4) is 0 Å². The standard InChI is InChI=1S/C23H34F3N3O5S/c1-28(2)35(31,32)27-21-10-11-29(23(30)34-15-22(25)26)13-18(21)14-33-20-8-6-16(7-9-20)17-4-3-5-19(24)12-17/h3-5,12,16,18,20-22,27H,6-11,13-15H2,1-2H3. The van der Waals surface area contributed by atoms with Gasteiger partial charge >= 0.3 is 6.09 Å². The molecule has 8 nitrogen and oxygen atoms in total. The van der Waals surface area contributed by atoms with Gasteiger partial charge in [-0.15, -0.1) is 0 Å². The van der Waals surface area contributed by atoms with E-state index in [0.29, 0.717) is 6.42 Å². The topological polar surface area (TPSA) is 88.2 Å². The zero-order valence-corrected chi connectivity index (χ0v) is 20.9. The van der Waals surface area contributed by atoms with Crippen molar-refractivity contribution >= 4 is 16.3 Å². The van der Waals surface area contributed by atoms with Crippen LogP contribution in [0.2, 0.25) is 0 Å². The predicted octanol–water partition coefficient (Wildman–Crippen LogP) is 3.36. The highest BCUT2D eigenvalue weighted by atomic mass is 32.2. The van der Waals surface area contributed by atoms with Gasteiger partial charge in [-0.05, 0) is 55.7 Å². The fourth-order valence-electron chi connectivity index (χ4n) is 4.63. The Morgan fingerprint density at radius 2 is 1.91 bits per heavy atom. The van der Waals surface area contributed by atoms with Crippen molar-refractivity contribution in [3.05, 3.63) is 35.6 Å². The number of ether oxygens (including phenoxy) is 2. The number of nitrogens with zero attached hydrogens (tertiary/aromatic N) is 2. The van der Waals surface area contributed by atoms with Crippen molar-refractivity contribution in [3.8, 4) is 0 Å². The third kappa shape index (κ3) is 8.06. The number of halogens is 3. The Hall–Kier alpha value is -1.89. The highest BCUT2D eigenvalue weighted by molar-refractivity contribution is 7.87. The number of amides is 1. The van der Waals surface area contributed by atoms with Crippen LogP contribution in [0.4, 0.5) is 18.0 Å². The SMILES string of the molecule is CN(C)S(=O)(=O)NC1CCN(C(=O)OCC(F)F)CC1COC1CCC(c2cccc(F)c2)CC1. The van der Waals surface area contributed by atoms with E-state index in [1.54, 1.807) is 12.1 Å². The second-order valence-corrected chi connectivity index (χ2v) is 11.3. The van der Waals surface area contributed by atoms with E-state index in [-0.39, 0.29) is 43.5 Å². The maximum absolute atomic E-state index is 13.6. The Bertz CT molecular complexity index is 942. The summed E-state index contributed by atoms with van der Waals surface area (Å²) in [5.41, 5.74) is 0.979. The first-order chi connectivity index (χ1) is 16.5. The fraction of sp³-hybridized carbons (Fsp3) is 0.696. The molecule has 2 atom stereocenters. The number of likely N-dealkylation sites (tertiary alicyclic amines) is 1. The monoisotopic (exact) mass is 521 g/mol. The molecule has 0 bridgehead atoms. The first kappa shape index (κ1) is 27.7. The summed E-state index contributed by atoms with van der Waals surface area (Å²) in [6, 6.07) is 6.15. The molecule has 2 aliphatic rings. The van der Waals surface area contributed by atoms with Crippen LogP contribution < -0.4 is 4.72 Å². The summed E-state index contributed by atoms with van der Waals surface area (Å²) in [5, 5.41) is 0. The molecule has 0 radical (unpaired) electrons. The van der Waals surface area contributed by atoms with E-state index < -0.39 is 35.4 Å². The number of carbonyl (C=O) groups excluding carboxylic acids is 1. The number of alkyl halides is 2. The van der Waals surface area contributed by atoms with Gasteiger partial charge in [-0.1, -0.05) is 12.1 Å². The molecule has 1 aromatic carbocycles. The minimum absolute atomic E-state index is 0.0351. The molecule has 198 valence electrons. The first-order valence-electron chi connectivity index (χ1n) is 11.8. The third-order valence-corrected chi connectivity index (χ3v) is 8.21. The van der Waals surface area contributed by atoms with Crippen LogP contribution in [0.25, 0.3) is 0 Å². The molecule has 12 heteroatoms. The first-order valence-corrected chi connectivity index (χ1v) is 13.3. The van der Waals surface area contributed by atoms with Gasteiger partial charge in [0.25, 0.3) is 16.6 Å². The lowest BCUT2D eigenvalue weighted by molar-refractivity contribution is -0.0206. The molecule has 1 heterocycles. The molecule has 35 heavy (non-hydrogen) atoms. The molecule has 2 fully saturated rings. The minimum Gasteiger partial charge on any atom is -0.443 e. The van der Waals surface area contributed by atoms with E-state index in [1.807, 2.05) is 6.07 Å². The Balaban J connectivity index is 1.58. The lowest BCUT2D eigenvalue weighted by atomic mass is 9.82. The molecule has 0 aromatic heterocycles. The van der Waals surface area contributed by atoms with Gasteiger partial charge in [-0.3, -0.25) is 0 Å². The average Bonchev–Trinajstić information content (AvgIpc) is 2.82. The number of nitrogens with one attached hydrogen (secondary N) is 1. The van der Waals surface area contributed by atoms with E-state index >= 15 is 0 Å². The second kappa shape index (κ2) is 12.4. The third-order valence-electron chi connectivity index (χ3n) is 6.65. The van der Waals surface area contributed by atoms with Crippen molar-refractivity contribution in [2.24, 2.45) is 5.92 Å². The van der Waals surface area contributed by atoms with Gasteiger partial charge in [0.05, 0.1) is 12.7 Å². The quantitative estimate of drug-likeness (QED) is 0.539. The zero-order valence-electron chi connectivity index (χ0n) is 20.0. The summed E-state index contributed by atoms with van der Waals surface area (Å²) < 4.78 is 77.7. The summed E-state index contributed by atoms with van der Waals surface area (Å²) in [4.78, 5) is 13.5. The van der Waals surface area contributed by atoms with Crippen LogP contribution in [0.15, 0.2) is 24.3 Å². The number of hydrogen-bond acceptors (Lipinski definition) is 5. The van der Waals surface area contributed by atoms with Crippen molar-refractivity contribution in [1.29, 1.82) is 0 Å². The van der Waals surface area contributed by atoms with Crippen LogP contribution >= 0.6 is 0 Å². The summed E-state index contributed by atoms with van der Waals surface area (Å²) in [6.45, 7) is -0.477. The Labute approximate surface area is 204 Å². The van der Waals surface area contributed by atoms with Crippen molar-refractivity contribution in [1.82, 2.24) is 13.9 Å². The van der Waals surface area contributed by atoms with Gasteiger partial charge in [0, 0.05) is 39.1 Å². The summed E-state index contributed by atoms with van der Waals surface area (Å²) in [7, 11) is -0.875. The van der Waals surface area contributed by atoms with Gasteiger partial charge in [0.15, 0.2) is 6.61 Å². The van der Waals surface area contributed by atoms with Crippen molar-refractivity contribution in [3.63, 3.8) is 0 Å². The average molecular weight is 522 g/mol. The van der Waals surface area contributed by atoms with Gasteiger partial charge in [-0.25, -0.2) is 18.0 Å². The molecular formula is C23H34F3N3O5S. The molecule has 1 saturated carbocycles. The Kier molecular flexibility index (Phi) is 9.79. The van der Waals surface area contributed by atoms with E-state index in [9.17, 15) is 26.4 Å². The van der Waals surface area contributed by atoms with Crippen molar-refractivity contribution in [2.75, 3.05) is 40.4 Å². The maximum Gasteiger partial charge on any atom is 0.409 e. The van der Waals surface area contributed by atoms with Crippen LogP contribution in [-0.4, -0.2) is 82.7 Å². The van der Waals surface area contributed by atoms with Crippen LogP contribution in [0.5, 0.6) is 0 Å². The van der Waals surface area contributed by atoms with Crippen molar-refractivity contribution < 1.29 is 35.9 Å². The van der Waals surface area contributed by atoms with Gasteiger partial charge in [-0.2, -0.15) is 17.4 Å². The predicted molar refractivity (Wildman–Crippen MR) is 124 cm³/mol. The van der Waals surface area contributed by atoms with E-state index in [0.717, 1.165) is 35.6 Å². The second-order valence-electron chi connectivity index (χ2n) is 9.34. The summed E-state index contributed by atoms with van der Waals surface area (Å²) in [5.74, 6) is -0.362. The molecule has 1 aliphatic carbocycles. The minimum atomic E-state index is -3.71. The normalized spacial score (nSPS) is 25.7. The van der Waals surface area contributed by atoms with Gasteiger partial charge in [0.2, 0.25) is 0 Å². The molecule has 0 spiro atoms. The lowest BCUT2D eigenvalue weighted by Crippen LogP contribution is -2.55. The number of hydrogen-bond donors (Lipinski definition) is 1. The lowest BCUT2D eigenvalue weighted by Gasteiger charge is -2.39. The van der Waals surface area contributed by atoms with Gasteiger partial charge in [0.1, 0.15) is 5.82 Å². The number of benzene rings is 1. The molecule has 1 amide bonds. The summed E-state index contributed by atoms with van der Waals surface area (Å²) >= 11 is 0. The van der Waals surface area contributed by atoms with Crippen LogP contribution in [0.1, 0.15) is 43.6 Å². The van der Waals surface area contributed by atoms with E-state index in [2.05, 4.69) is 9.46 Å². The maximum atomic E-state index is 13.6. The molecule has 1 saturated heterocycles. The number of carbonyl (C=O) groups is 1. The number of rotatable bonds is 9. The Morgan fingerprint density at radius 1 is 1.20 bits per heavy atom. The highest BCUT2D eigenvalue weighted by Gasteiger charge is 2.36. The zero-order chi connectivity index (χ0) is 25.6. The molecule has 1 N–H and O–H groups in total. The molecule has 3 rings (SSSR count). The largest absolute Gasteiger partial charge is 0.443 e. The molecular weight excluding hydrogens is 487 g/mol. The van der Waals surface area contributed by atoms with Gasteiger partial charge < -0.3 is 14.4 Å². The van der Waals surface area contributed by atoms with Crippen LogP contribution in [0, 0.1) is 11.7 Å². The molecule has 2 unspecified atom stereocenters. The smallest absolute Gasteiger partial charge is 0.409 e. The van der Waals surface area contributed by atoms with Crippen LogP contribution in [-0.2, 0) is 19.7 Å². The van der Waals surface area contributed by atoms with E-state index in [1.165, 1.54) is 25.1 Å².